The Bertz CT molecular complexity index is 519. The number of carboxylic acid groups (broad SMARTS) is 1. The van der Waals surface area contributed by atoms with E-state index in [0.29, 0.717) is 6.54 Å². The molecule has 1 aliphatic rings. The molecule has 114 valence electrons. The first-order valence-corrected chi connectivity index (χ1v) is 7.47. The van der Waals surface area contributed by atoms with E-state index in [4.69, 9.17) is 5.11 Å². The van der Waals surface area contributed by atoms with Gasteiger partial charge in [-0.1, -0.05) is 32.4 Å². The lowest BCUT2D eigenvalue weighted by atomic mass is 9.72. The molecule has 21 heavy (non-hydrogen) atoms. The van der Waals surface area contributed by atoms with Gasteiger partial charge in [-0.2, -0.15) is 0 Å². The van der Waals surface area contributed by atoms with Gasteiger partial charge < -0.3 is 10.4 Å². The second-order valence-corrected chi connectivity index (χ2v) is 6.68. The van der Waals surface area contributed by atoms with Gasteiger partial charge in [-0.15, -0.1) is 0 Å². The van der Waals surface area contributed by atoms with Gasteiger partial charge in [0.2, 0.25) is 5.91 Å². The van der Waals surface area contributed by atoms with Gasteiger partial charge in [-0.25, -0.2) is 4.79 Å². The Labute approximate surface area is 125 Å². The molecule has 2 N–H and O–H groups in total. The van der Waals surface area contributed by atoms with E-state index in [1.165, 1.54) is 6.42 Å². The van der Waals surface area contributed by atoms with Crippen LogP contribution >= 0.6 is 0 Å². The summed E-state index contributed by atoms with van der Waals surface area (Å²) in [6, 6.07) is 6.62. The van der Waals surface area contributed by atoms with Crippen LogP contribution in [0.15, 0.2) is 24.3 Å². The molecule has 0 aromatic heterocycles. The lowest BCUT2D eigenvalue weighted by Gasteiger charge is -2.34. The molecular weight excluding hydrogens is 266 g/mol. The average molecular weight is 289 g/mol. The molecule has 0 saturated heterocycles. The van der Waals surface area contributed by atoms with Crippen molar-refractivity contribution in [1.29, 1.82) is 0 Å². The summed E-state index contributed by atoms with van der Waals surface area (Å²) in [7, 11) is 0. The molecule has 1 atom stereocenters. The Morgan fingerprint density at radius 2 is 1.95 bits per heavy atom. The molecule has 0 bridgehead atoms. The van der Waals surface area contributed by atoms with Crippen LogP contribution in [0.2, 0.25) is 0 Å². The van der Waals surface area contributed by atoms with E-state index in [2.05, 4.69) is 19.2 Å². The van der Waals surface area contributed by atoms with Gasteiger partial charge in [-0.3, -0.25) is 4.79 Å². The number of hydrogen-bond donors (Lipinski definition) is 2. The van der Waals surface area contributed by atoms with Crippen LogP contribution in [0.25, 0.3) is 0 Å². The summed E-state index contributed by atoms with van der Waals surface area (Å²) in [5.74, 6) is -0.716. The summed E-state index contributed by atoms with van der Waals surface area (Å²) >= 11 is 0. The zero-order chi connectivity index (χ0) is 15.5. The maximum absolute atomic E-state index is 12.2. The Kier molecular flexibility index (Phi) is 4.66. The molecule has 1 saturated carbocycles. The number of hydrogen-bond acceptors (Lipinski definition) is 2. The van der Waals surface area contributed by atoms with Crippen molar-refractivity contribution in [2.45, 2.75) is 46.1 Å². The normalized spacial score (nSPS) is 20.8. The van der Waals surface area contributed by atoms with E-state index in [0.717, 1.165) is 24.8 Å². The molecule has 0 aliphatic heterocycles. The highest BCUT2D eigenvalue weighted by molar-refractivity contribution is 5.87. The van der Waals surface area contributed by atoms with E-state index in [-0.39, 0.29) is 22.8 Å². The summed E-state index contributed by atoms with van der Waals surface area (Å²) in [5.41, 5.74) is 1.44. The number of nitrogens with one attached hydrogen (secondary N) is 1. The molecule has 1 aromatic rings. The molecule has 0 heterocycles. The van der Waals surface area contributed by atoms with Crippen molar-refractivity contribution in [2.75, 3.05) is 0 Å². The second kappa shape index (κ2) is 6.29. The van der Waals surface area contributed by atoms with E-state index in [1.54, 1.807) is 24.3 Å². The fraction of sp³-hybridized carbons (Fsp3) is 0.529. The molecule has 1 unspecified atom stereocenters. The number of amides is 1. The molecule has 1 aromatic carbocycles. The minimum absolute atomic E-state index is 0.104. The Morgan fingerprint density at radius 1 is 1.29 bits per heavy atom. The molecule has 2 rings (SSSR count). The fourth-order valence-electron chi connectivity index (χ4n) is 3.02. The highest BCUT2D eigenvalue weighted by atomic mass is 16.4. The van der Waals surface area contributed by atoms with Crippen LogP contribution in [-0.2, 0) is 11.3 Å². The second-order valence-electron chi connectivity index (χ2n) is 6.68. The van der Waals surface area contributed by atoms with Gasteiger partial charge in [0.15, 0.2) is 0 Å². The molecule has 1 fully saturated rings. The monoisotopic (exact) mass is 289 g/mol. The van der Waals surface area contributed by atoms with Crippen molar-refractivity contribution in [3.8, 4) is 0 Å². The number of rotatable bonds is 4. The number of aromatic carboxylic acids is 1. The maximum Gasteiger partial charge on any atom is 0.335 e. The van der Waals surface area contributed by atoms with Gasteiger partial charge in [0.1, 0.15) is 0 Å². The predicted octanol–water partition coefficient (Wildman–Crippen LogP) is 3.22. The Hall–Kier alpha value is -1.84. The van der Waals surface area contributed by atoms with E-state index < -0.39 is 5.97 Å². The topological polar surface area (TPSA) is 66.4 Å². The van der Waals surface area contributed by atoms with Crippen molar-refractivity contribution < 1.29 is 14.7 Å². The number of carbonyl (C=O) groups excluding carboxylic acids is 1. The van der Waals surface area contributed by atoms with E-state index >= 15 is 0 Å². The summed E-state index contributed by atoms with van der Waals surface area (Å²) in [5, 5.41) is 11.8. The van der Waals surface area contributed by atoms with Gasteiger partial charge in [-0.05, 0) is 42.4 Å². The summed E-state index contributed by atoms with van der Waals surface area (Å²) < 4.78 is 0. The maximum atomic E-state index is 12.2. The first-order chi connectivity index (χ1) is 9.87. The van der Waals surface area contributed by atoms with Crippen molar-refractivity contribution in [1.82, 2.24) is 5.32 Å². The third-order valence-electron chi connectivity index (χ3n) is 4.24. The van der Waals surface area contributed by atoms with Gasteiger partial charge in [0.05, 0.1) is 5.56 Å². The Balaban J connectivity index is 1.87. The van der Waals surface area contributed by atoms with Crippen LogP contribution in [0.4, 0.5) is 0 Å². The highest BCUT2D eigenvalue weighted by Gasteiger charge is 2.31. The van der Waals surface area contributed by atoms with Gasteiger partial charge in [0, 0.05) is 12.5 Å². The molecule has 1 aliphatic carbocycles. The fourth-order valence-corrected chi connectivity index (χ4v) is 3.02. The predicted molar refractivity (Wildman–Crippen MR) is 81.0 cm³/mol. The van der Waals surface area contributed by atoms with Crippen LogP contribution in [0.1, 0.15) is 55.5 Å². The molecule has 4 heteroatoms. The number of benzene rings is 1. The molecule has 1 amide bonds. The minimum atomic E-state index is -0.935. The van der Waals surface area contributed by atoms with Crippen molar-refractivity contribution in [3.05, 3.63) is 35.4 Å². The third-order valence-corrected chi connectivity index (χ3v) is 4.24. The lowest BCUT2D eigenvalue weighted by molar-refractivity contribution is -0.127. The number of carboxylic acids is 1. The summed E-state index contributed by atoms with van der Waals surface area (Å²) in [6.07, 6.45) is 4.20. The largest absolute Gasteiger partial charge is 0.478 e. The van der Waals surface area contributed by atoms with Crippen LogP contribution in [-0.4, -0.2) is 17.0 Å². The molecule has 0 radical (unpaired) electrons. The van der Waals surface area contributed by atoms with Crippen LogP contribution in [0.3, 0.4) is 0 Å². The summed E-state index contributed by atoms with van der Waals surface area (Å²) in [6.45, 7) is 4.89. The highest BCUT2D eigenvalue weighted by Crippen LogP contribution is 2.38. The van der Waals surface area contributed by atoms with Crippen LogP contribution in [0, 0.1) is 11.3 Å². The zero-order valence-corrected chi connectivity index (χ0v) is 12.7. The minimum Gasteiger partial charge on any atom is -0.478 e. The third kappa shape index (κ3) is 4.31. The smallest absolute Gasteiger partial charge is 0.335 e. The molecule has 4 nitrogen and oxygen atoms in total. The van der Waals surface area contributed by atoms with Crippen molar-refractivity contribution >= 4 is 11.9 Å². The van der Waals surface area contributed by atoms with Crippen LogP contribution < -0.4 is 5.32 Å². The first kappa shape index (κ1) is 15.5. The number of carbonyl (C=O) groups is 2. The van der Waals surface area contributed by atoms with E-state index in [9.17, 15) is 9.59 Å². The summed E-state index contributed by atoms with van der Waals surface area (Å²) in [4.78, 5) is 23.0. The average Bonchev–Trinajstić information content (AvgIpc) is 2.44. The quantitative estimate of drug-likeness (QED) is 0.894. The first-order valence-electron chi connectivity index (χ1n) is 7.47. The van der Waals surface area contributed by atoms with Crippen LogP contribution in [0.5, 0.6) is 0 Å². The van der Waals surface area contributed by atoms with Crippen molar-refractivity contribution in [3.63, 3.8) is 0 Å². The zero-order valence-electron chi connectivity index (χ0n) is 12.7. The molecular formula is C17H23NO3. The van der Waals surface area contributed by atoms with Gasteiger partial charge >= 0.3 is 5.97 Å². The standard InChI is InChI=1S/C17H23NO3/c1-17(2)9-3-4-14(10-17)15(19)18-11-12-5-7-13(8-6-12)16(20)21/h5-8,14H,3-4,9-11H2,1-2H3,(H,18,19)(H,20,21). The SMILES string of the molecule is CC1(C)CCCC(C(=O)NCc2ccc(C(=O)O)cc2)C1. The van der Waals surface area contributed by atoms with Crippen molar-refractivity contribution in [2.24, 2.45) is 11.3 Å². The Morgan fingerprint density at radius 3 is 2.52 bits per heavy atom. The lowest BCUT2D eigenvalue weighted by Crippen LogP contribution is -2.35. The van der Waals surface area contributed by atoms with Gasteiger partial charge in [0.25, 0.3) is 0 Å². The van der Waals surface area contributed by atoms with E-state index in [1.807, 2.05) is 0 Å². The molecule has 0 spiro atoms.